The van der Waals surface area contributed by atoms with Gasteiger partial charge in [0, 0.05) is 28.4 Å². The summed E-state index contributed by atoms with van der Waals surface area (Å²) in [6.07, 6.45) is 2.10. The number of amides is 1. The summed E-state index contributed by atoms with van der Waals surface area (Å²) in [6, 6.07) is 4.97. The topological polar surface area (TPSA) is 58.4 Å². The van der Waals surface area contributed by atoms with E-state index >= 15 is 0 Å². The largest absolute Gasteiger partial charge is 0.354 e. The Morgan fingerprint density at radius 3 is 2.95 bits per heavy atom. The van der Waals surface area contributed by atoms with Crippen molar-refractivity contribution < 1.29 is 4.79 Å². The predicted molar refractivity (Wildman–Crippen MR) is 81.7 cm³/mol. The third-order valence-electron chi connectivity index (χ3n) is 4.55. The summed E-state index contributed by atoms with van der Waals surface area (Å²) in [6.45, 7) is 6.02. The third kappa shape index (κ3) is 2.38. The first-order chi connectivity index (χ1) is 9.58. The van der Waals surface area contributed by atoms with E-state index in [9.17, 15) is 4.79 Å². The van der Waals surface area contributed by atoms with Crippen molar-refractivity contribution in [2.45, 2.75) is 44.8 Å². The van der Waals surface area contributed by atoms with Gasteiger partial charge in [-0.1, -0.05) is 0 Å². The Bertz CT molecular complexity index is 499. The highest BCUT2D eigenvalue weighted by molar-refractivity contribution is 7.12. The van der Waals surface area contributed by atoms with Gasteiger partial charge < -0.3 is 11.1 Å². The molecule has 4 atom stereocenters. The molecule has 110 valence electrons. The van der Waals surface area contributed by atoms with Crippen LogP contribution in [0.1, 0.15) is 35.6 Å². The first-order valence-corrected chi connectivity index (χ1v) is 8.25. The van der Waals surface area contributed by atoms with E-state index in [2.05, 4.69) is 36.2 Å². The van der Waals surface area contributed by atoms with Gasteiger partial charge in [-0.15, -0.1) is 11.3 Å². The third-order valence-corrected chi connectivity index (χ3v) is 5.62. The molecule has 0 bridgehead atoms. The second kappa shape index (κ2) is 5.47. The maximum absolute atomic E-state index is 11.9. The average molecular weight is 293 g/mol. The van der Waals surface area contributed by atoms with E-state index in [0.717, 1.165) is 25.9 Å². The zero-order valence-electron chi connectivity index (χ0n) is 12.1. The molecule has 3 rings (SSSR count). The van der Waals surface area contributed by atoms with Gasteiger partial charge in [0.15, 0.2) is 0 Å². The number of nitrogens with one attached hydrogen (secondary N) is 1. The fourth-order valence-corrected chi connectivity index (χ4v) is 4.78. The Balaban J connectivity index is 1.89. The van der Waals surface area contributed by atoms with E-state index in [1.54, 1.807) is 0 Å². The highest BCUT2D eigenvalue weighted by Gasteiger charge is 2.44. The Labute approximate surface area is 124 Å². The number of carbonyl (C=O) groups is 1. The number of piperidine rings is 1. The highest BCUT2D eigenvalue weighted by atomic mass is 32.1. The lowest BCUT2D eigenvalue weighted by Gasteiger charge is -2.42. The van der Waals surface area contributed by atoms with Crippen LogP contribution in [0.15, 0.2) is 12.1 Å². The lowest BCUT2D eigenvalue weighted by atomic mass is 9.89. The van der Waals surface area contributed by atoms with Crippen LogP contribution in [-0.4, -0.2) is 36.0 Å². The van der Waals surface area contributed by atoms with Crippen molar-refractivity contribution in [2.24, 2.45) is 11.7 Å². The van der Waals surface area contributed by atoms with Crippen molar-refractivity contribution in [1.29, 1.82) is 0 Å². The van der Waals surface area contributed by atoms with Crippen LogP contribution in [0.25, 0.3) is 0 Å². The van der Waals surface area contributed by atoms with Gasteiger partial charge in [-0.2, -0.15) is 0 Å². The normalized spacial score (nSPS) is 29.9. The summed E-state index contributed by atoms with van der Waals surface area (Å²) < 4.78 is 0. The molecule has 1 aromatic heterocycles. The fourth-order valence-electron chi connectivity index (χ4n) is 3.67. The number of hydrogen-bond donors (Lipinski definition) is 2. The standard InChI is InChI=1S/C15H23N3OS/c1-9-5-6-13(20-9)14(10(2)16)18-7-3-4-11-12(18)8-17-15(11)19/h5-6,10-12,14H,3-4,7-8,16H2,1-2H3,(H,17,19). The molecule has 2 aliphatic rings. The van der Waals surface area contributed by atoms with Gasteiger partial charge in [-0.05, 0) is 45.4 Å². The van der Waals surface area contributed by atoms with Crippen molar-refractivity contribution in [3.63, 3.8) is 0 Å². The van der Waals surface area contributed by atoms with E-state index in [4.69, 9.17) is 5.73 Å². The molecule has 0 aromatic carbocycles. The van der Waals surface area contributed by atoms with Crippen LogP contribution < -0.4 is 11.1 Å². The van der Waals surface area contributed by atoms with Crippen molar-refractivity contribution in [1.82, 2.24) is 10.2 Å². The summed E-state index contributed by atoms with van der Waals surface area (Å²) in [5.74, 6) is 0.386. The maximum atomic E-state index is 11.9. The van der Waals surface area contributed by atoms with Gasteiger partial charge in [0.2, 0.25) is 5.91 Å². The van der Waals surface area contributed by atoms with E-state index in [-0.39, 0.29) is 23.9 Å². The van der Waals surface area contributed by atoms with Crippen LogP contribution >= 0.6 is 11.3 Å². The molecule has 1 amide bonds. The lowest BCUT2D eigenvalue weighted by molar-refractivity contribution is -0.124. The number of rotatable bonds is 3. The van der Waals surface area contributed by atoms with Gasteiger partial charge in [-0.25, -0.2) is 0 Å². The average Bonchev–Trinajstić information content (AvgIpc) is 2.98. The Hall–Kier alpha value is -0.910. The van der Waals surface area contributed by atoms with E-state index < -0.39 is 0 Å². The van der Waals surface area contributed by atoms with Crippen LogP contribution in [0.5, 0.6) is 0 Å². The molecular weight excluding hydrogens is 270 g/mol. The Morgan fingerprint density at radius 1 is 1.50 bits per heavy atom. The molecule has 0 saturated carbocycles. The van der Waals surface area contributed by atoms with Crippen molar-refractivity contribution >= 4 is 17.2 Å². The molecule has 3 N–H and O–H groups in total. The molecule has 0 spiro atoms. The summed E-state index contributed by atoms with van der Waals surface area (Å²) in [5, 5.41) is 3.02. The smallest absolute Gasteiger partial charge is 0.224 e. The monoisotopic (exact) mass is 293 g/mol. The minimum atomic E-state index is 0.0718. The number of likely N-dealkylation sites (tertiary alicyclic amines) is 1. The van der Waals surface area contributed by atoms with Crippen molar-refractivity contribution in [2.75, 3.05) is 13.1 Å². The zero-order chi connectivity index (χ0) is 14.3. The van der Waals surface area contributed by atoms with Crippen LogP contribution in [0.3, 0.4) is 0 Å². The molecule has 20 heavy (non-hydrogen) atoms. The fraction of sp³-hybridized carbons (Fsp3) is 0.667. The van der Waals surface area contributed by atoms with Crippen molar-refractivity contribution in [3.05, 3.63) is 21.9 Å². The molecule has 0 radical (unpaired) electrons. The van der Waals surface area contributed by atoms with Gasteiger partial charge >= 0.3 is 0 Å². The number of aryl methyl sites for hydroxylation is 1. The summed E-state index contributed by atoms with van der Waals surface area (Å²) in [5.41, 5.74) is 6.29. The molecule has 2 fully saturated rings. The van der Waals surface area contributed by atoms with Gasteiger partial charge in [0.1, 0.15) is 0 Å². The first kappa shape index (κ1) is 14.0. The molecule has 4 nitrogen and oxygen atoms in total. The van der Waals surface area contributed by atoms with E-state index in [1.807, 2.05) is 11.3 Å². The Morgan fingerprint density at radius 2 is 2.30 bits per heavy atom. The summed E-state index contributed by atoms with van der Waals surface area (Å²) in [4.78, 5) is 17.0. The number of fused-ring (bicyclic) bond motifs is 1. The van der Waals surface area contributed by atoms with Crippen LogP contribution in [0, 0.1) is 12.8 Å². The molecule has 3 heterocycles. The van der Waals surface area contributed by atoms with Crippen LogP contribution in [0.2, 0.25) is 0 Å². The molecule has 2 aliphatic heterocycles. The van der Waals surface area contributed by atoms with E-state index in [0.29, 0.717) is 6.04 Å². The first-order valence-electron chi connectivity index (χ1n) is 7.43. The number of nitrogens with two attached hydrogens (primary N) is 1. The highest BCUT2D eigenvalue weighted by Crippen LogP contribution is 2.37. The molecule has 5 heteroatoms. The summed E-state index contributed by atoms with van der Waals surface area (Å²) in [7, 11) is 0. The van der Waals surface area contributed by atoms with Crippen molar-refractivity contribution in [3.8, 4) is 0 Å². The minimum absolute atomic E-state index is 0.0718. The van der Waals surface area contributed by atoms with Gasteiger partial charge in [0.25, 0.3) is 0 Å². The molecule has 0 aliphatic carbocycles. The van der Waals surface area contributed by atoms with Gasteiger partial charge in [0.05, 0.1) is 12.0 Å². The van der Waals surface area contributed by atoms with E-state index in [1.165, 1.54) is 9.75 Å². The predicted octanol–water partition coefficient (Wildman–Crippen LogP) is 1.66. The zero-order valence-corrected chi connectivity index (χ0v) is 13.0. The molecular formula is C15H23N3OS. The quantitative estimate of drug-likeness (QED) is 0.891. The lowest BCUT2D eigenvalue weighted by Crippen LogP contribution is -2.51. The number of thiophene rings is 1. The Kier molecular flexibility index (Phi) is 3.84. The second-order valence-electron chi connectivity index (χ2n) is 6.05. The minimum Gasteiger partial charge on any atom is -0.354 e. The summed E-state index contributed by atoms with van der Waals surface area (Å²) >= 11 is 1.83. The van der Waals surface area contributed by atoms with Crippen LogP contribution in [0.4, 0.5) is 0 Å². The number of carbonyl (C=O) groups excluding carboxylic acids is 1. The second-order valence-corrected chi connectivity index (χ2v) is 7.37. The SMILES string of the molecule is Cc1ccc(C(C(C)N)N2CCCC3C(=O)NCC32)s1. The van der Waals surface area contributed by atoms with Gasteiger partial charge in [-0.3, -0.25) is 9.69 Å². The molecule has 4 unspecified atom stereocenters. The maximum Gasteiger partial charge on any atom is 0.224 e. The number of hydrogen-bond acceptors (Lipinski definition) is 4. The molecule has 1 aromatic rings. The van der Waals surface area contributed by atoms with Crippen LogP contribution in [-0.2, 0) is 4.79 Å². The molecule has 2 saturated heterocycles. The number of nitrogens with zero attached hydrogens (tertiary/aromatic N) is 1.